The highest BCUT2D eigenvalue weighted by atomic mass is 16.3. The number of carbonyl (C=O) groups is 1. The molecule has 0 aliphatic rings. The van der Waals surface area contributed by atoms with Gasteiger partial charge in [-0.2, -0.15) is 0 Å². The molecular weight excluding hydrogens is 184 g/mol. The molecule has 0 saturated heterocycles. The van der Waals surface area contributed by atoms with Gasteiger partial charge in [-0.15, -0.1) is 0 Å². The third kappa shape index (κ3) is 5.04. The van der Waals surface area contributed by atoms with Crippen molar-refractivity contribution in [3.63, 3.8) is 0 Å². The fourth-order valence-corrected chi connectivity index (χ4v) is 0.591. The number of nitrogens with zero attached hydrogens (tertiary/aromatic N) is 1. The van der Waals surface area contributed by atoms with Gasteiger partial charge in [0.1, 0.15) is 5.70 Å². The Hall–Kier alpha value is -1.69. The number of carbonyl (C=O) groups excluding carboxylic acids is 1. The fraction of sp³-hybridized carbons (Fsp3) is 0.375. The molecule has 1 unspecified atom stereocenters. The Bertz CT molecular complexity index is 260. The van der Waals surface area contributed by atoms with Gasteiger partial charge in [0, 0.05) is 6.21 Å². The van der Waals surface area contributed by atoms with E-state index in [-0.39, 0.29) is 18.3 Å². The van der Waals surface area contributed by atoms with Crippen molar-refractivity contribution in [3.05, 3.63) is 11.8 Å². The Morgan fingerprint density at radius 3 is 2.86 bits per heavy atom. The van der Waals surface area contributed by atoms with Gasteiger partial charge in [0.05, 0.1) is 19.0 Å². The maximum Gasteiger partial charge on any atom is 0.265 e. The number of nitrogens with one attached hydrogen (secondary N) is 2. The monoisotopic (exact) mass is 198 g/mol. The van der Waals surface area contributed by atoms with Crippen LogP contribution in [0.4, 0.5) is 0 Å². The van der Waals surface area contributed by atoms with E-state index in [1.165, 1.54) is 12.3 Å². The first-order chi connectivity index (χ1) is 6.61. The Balaban J connectivity index is 4.35. The van der Waals surface area contributed by atoms with Crippen molar-refractivity contribution in [2.45, 2.75) is 13.0 Å². The molecule has 0 saturated carbocycles. The Morgan fingerprint density at radius 2 is 2.43 bits per heavy atom. The van der Waals surface area contributed by atoms with Crippen LogP contribution in [0.15, 0.2) is 16.8 Å². The van der Waals surface area contributed by atoms with E-state index in [4.69, 9.17) is 16.2 Å². The molecule has 0 bridgehead atoms. The summed E-state index contributed by atoms with van der Waals surface area (Å²) in [6.45, 7) is 1.66. The fourth-order valence-electron chi connectivity index (χ4n) is 0.591. The van der Waals surface area contributed by atoms with Crippen molar-refractivity contribution < 1.29 is 9.90 Å². The van der Waals surface area contributed by atoms with E-state index in [1.807, 2.05) is 0 Å². The minimum Gasteiger partial charge on any atom is -0.394 e. The van der Waals surface area contributed by atoms with E-state index in [1.54, 1.807) is 6.92 Å². The molecule has 6 nitrogen and oxygen atoms in total. The first-order valence-electron chi connectivity index (χ1n) is 4.01. The summed E-state index contributed by atoms with van der Waals surface area (Å²) in [7, 11) is 0. The molecule has 0 rings (SSSR count). The van der Waals surface area contributed by atoms with Crippen molar-refractivity contribution in [3.8, 4) is 0 Å². The first-order valence-corrected chi connectivity index (χ1v) is 4.01. The van der Waals surface area contributed by atoms with Crippen LogP contribution in [0.3, 0.4) is 0 Å². The molecule has 0 aromatic rings. The highest BCUT2D eigenvalue weighted by molar-refractivity contribution is 5.97. The maximum atomic E-state index is 10.7. The van der Waals surface area contributed by atoms with E-state index < -0.39 is 5.91 Å². The summed E-state index contributed by atoms with van der Waals surface area (Å²) in [6.07, 6.45) is 3.55. The van der Waals surface area contributed by atoms with Gasteiger partial charge < -0.3 is 16.2 Å². The van der Waals surface area contributed by atoms with Gasteiger partial charge >= 0.3 is 0 Å². The molecule has 0 aromatic carbocycles. The third-order valence-corrected chi connectivity index (χ3v) is 1.34. The summed E-state index contributed by atoms with van der Waals surface area (Å²) < 4.78 is 0. The Labute approximate surface area is 82.0 Å². The summed E-state index contributed by atoms with van der Waals surface area (Å²) in [4.78, 5) is 14.6. The smallest absolute Gasteiger partial charge is 0.265 e. The molecule has 0 aliphatic carbocycles. The number of aliphatic hydroxyl groups is 1. The predicted octanol–water partition coefficient (Wildman–Crippen LogP) is -0.996. The molecule has 0 fully saturated rings. The molecule has 0 spiro atoms. The van der Waals surface area contributed by atoms with Crippen molar-refractivity contribution in [2.24, 2.45) is 10.7 Å². The summed E-state index contributed by atoms with van der Waals surface area (Å²) in [5, 5.41) is 17.7. The number of amides is 1. The van der Waals surface area contributed by atoms with Crippen LogP contribution in [-0.2, 0) is 4.79 Å². The van der Waals surface area contributed by atoms with Gasteiger partial charge in [-0.1, -0.05) is 0 Å². The van der Waals surface area contributed by atoms with Crippen LogP contribution in [0.25, 0.3) is 0 Å². The van der Waals surface area contributed by atoms with Gasteiger partial charge in [-0.25, -0.2) is 0 Å². The highest BCUT2D eigenvalue weighted by Crippen LogP contribution is 1.87. The normalized spacial score (nSPS) is 14.0. The molecule has 0 radical (unpaired) electrons. The quantitative estimate of drug-likeness (QED) is 0.249. The molecule has 0 aromatic heterocycles. The van der Waals surface area contributed by atoms with Gasteiger partial charge in [0.2, 0.25) is 0 Å². The number of aliphatic hydroxyl groups excluding tert-OH is 1. The van der Waals surface area contributed by atoms with Gasteiger partial charge in [-0.05, 0) is 13.0 Å². The van der Waals surface area contributed by atoms with E-state index in [9.17, 15) is 4.79 Å². The van der Waals surface area contributed by atoms with E-state index in [0.717, 1.165) is 6.34 Å². The summed E-state index contributed by atoms with van der Waals surface area (Å²) in [6, 6.07) is -0.222. The van der Waals surface area contributed by atoms with Crippen molar-refractivity contribution in [1.82, 2.24) is 5.32 Å². The molecule has 0 heterocycles. The van der Waals surface area contributed by atoms with Gasteiger partial charge in [0.25, 0.3) is 5.91 Å². The molecule has 6 heteroatoms. The number of rotatable bonds is 6. The predicted molar refractivity (Wildman–Crippen MR) is 54.2 cm³/mol. The van der Waals surface area contributed by atoms with Crippen LogP contribution in [0.1, 0.15) is 6.92 Å². The van der Waals surface area contributed by atoms with E-state index >= 15 is 0 Å². The minimum absolute atomic E-state index is 0.0613. The molecule has 1 amide bonds. The number of nitrogens with two attached hydrogens (primary N) is 1. The SMILES string of the molecule is CC(CO)N=CC=C(NC=N)C(N)=O. The second kappa shape index (κ2) is 6.79. The highest BCUT2D eigenvalue weighted by Gasteiger charge is 2.00. The molecular formula is C8H14N4O2. The average Bonchev–Trinajstić information content (AvgIpc) is 2.16. The topological polar surface area (TPSA) is 112 Å². The minimum atomic E-state index is -0.670. The lowest BCUT2D eigenvalue weighted by atomic mass is 10.3. The lowest BCUT2D eigenvalue weighted by molar-refractivity contribution is -0.114. The standard InChI is InChI=1S/C8H14N4O2/c1-6(4-13)11-3-2-7(8(10)14)12-5-9/h2-3,5-6,13H,4H2,1H3,(H2,9,12)(H2,10,14). The molecule has 0 aliphatic heterocycles. The van der Waals surface area contributed by atoms with E-state index in [0.29, 0.717) is 0 Å². The van der Waals surface area contributed by atoms with Gasteiger partial charge in [0.15, 0.2) is 0 Å². The van der Waals surface area contributed by atoms with Gasteiger partial charge in [-0.3, -0.25) is 15.2 Å². The second-order valence-corrected chi connectivity index (χ2v) is 2.56. The zero-order valence-electron chi connectivity index (χ0n) is 7.90. The molecule has 1 atom stereocenters. The van der Waals surface area contributed by atoms with Crippen LogP contribution < -0.4 is 11.1 Å². The van der Waals surface area contributed by atoms with Crippen LogP contribution in [-0.4, -0.2) is 36.2 Å². The number of hydrogen-bond acceptors (Lipinski definition) is 4. The zero-order chi connectivity index (χ0) is 11.0. The summed E-state index contributed by atoms with van der Waals surface area (Å²) in [5.41, 5.74) is 5.07. The molecule has 5 N–H and O–H groups in total. The van der Waals surface area contributed by atoms with Crippen molar-refractivity contribution in [2.75, 3.05) is 6.61 Å². The van der Waals surface area contributed by atoms with Crippen molar-refractivity contribution >= 4 is 18.5 Å². The van der Waals surface area contributed by atoms with Crippen LogP contribution in [0.5, 0.6) is 0 Å². The number of primary amides is 1. The molecule has 14 heavy (non-hydrogen) atoms. The molecule has 78 valence electrons. The maximum absolute atomic E-state index is 10.7. The van der Waals surface area contributed by atoms with Crippen molar-refractivity contribution in [1.29, 1.82) is 5.41 Å². The number of aliphatic imine (C=N–C) groups is 1. The van der Waals surface area contributed by atoms with E-state index in [2.05, 4.69) is 10.3 Å². The first kappa shape index (κ1) is 12.3. The summed E-state index contributed by atoms with van der Waals surface area (Å²) >= 11 is 0. The lowest BCUT2D eigenvalue weighted by Gasteiger charge is -2.00. The van der Waals surface area contributed by atoms with Crippen LogP contribution >= 0.6 is 0 Å². The second-order valence-electron chi connectivity index (χ2n) is 2.56. The largest absolute Gasteiger partial charge is 0.394 e. The van der Waals surface area contributed by atoms with Crippen LogP contribution in [0, 0.1) is 5.41 Å². The number of allylic oxidation sites excluding steroid dienone is 1. The third-order valence-electron chi connectivity index (χ3n) is 1.34. The summed E-state index contributed by atoms with van der Waals surface area (Å²) in [5.74, 6) is -0.670. The average molecular weight is 198 g/mol. The zero-order valence-corrected chi connectivity index (χ0v) is 7.90. The number of hydrogen-bond donors (Lipinski definition) is 4. The lowest BCUT2D eigenvalue weighted by Crippen LogP contribution is -2.25. The Kier molecular flexibility index (Phi) is 5.97. The Morgan fingerprint density at radius 1 is 1.79 bits per heavy atom. The van der Waals surface area contributed by atoms with Crippen LogP contribution in [0.2, 0.25) is 0 Å².